The summed E-state index contributed by atoms with van der Waals surface area (Å²) in [5.74, 6) is 0.0988. The maximum absolute atomic E-state index is 11.7. The lowest BCUT2D eigenvalue weighted by Gasteiger charge is -2.07. The Hall–Kier alpha value is -0.770. The van der Waals surface area contributed by atoms with Gasteiger partial charge in [0.15, 0.2) is 9.84 Å². The highest BCUT2D eigenvalue weighted by Crippen LogP contribution is 2.24. The third kappa shape index (κ3) is 7.16. The number of rotatable bonds is 9. The van der Waals surface area contributed by atoms with E-state index in [1.807, 2.05) is 18.2 Å². The lowest BCUT2D eigenvalue weighted by molar-refractivity contribution is 0.582. The summed E-state index contributed by atoms with van der Waals surface area (Å²) in [7, 11) is -6.63. The minimum absolute atomic E-state index is 0.0118. The number of para-hydroxylation sites is 1. The monoisotopic (exact) mass is 352 g/mol. The number of thioether (sulfide) groups is 1. The van der Waals surface area contributed by atoms with E-state index in [1.165, 1.54) is 18.7 Å². The molecule has 0 bridgehead atoms. The normalized spacial score (nSPS) is 12.4. The Morgan fingerprint density at radius 3 is 2.43 bits per heavy atom. The zero-order chi connectivity index (χ0) is 15.9. The van der Waals surface area contributed by atoms with Gasteiger partial charge in [0.2, 0.25) is 10.0 Å². The zero-order valence-electron chi connectivity index (χ0n) is 11.8. The minimum atomic E-state index is -3.47. The average molecular weight is 353 g/mol. The molecule has 0 saturated heterocycles. The number of nitrogens with two attached hydrogens (primary N) is 1. The fourth-order valence-electron chi connectivity index (χ4n) is 1.44. The summed E-state index contributed by atoms with van der Waals surface area (Å²) in [6, 6.07) is 7.23. The fraction of sp³-hybridized carbons (Fsp3) is 0.500. The molecule has 0 radical (unpaired) electrons. The van der Waals surface area contributed by atoms with Crippen molar-refractivity contribution in [2.45, 2.75) is 11.8 Å². The lowest BCUT2D eigenvalue weighted by atomic mass is 10.3. The average Bonchev–Trinajstić information content (AvgIpc) is 2.40. The van der Waals surface area contributed by atoms with E-state index in [1.54, 1.807) is 6.07 Å². The van der Waals surface area contributed by atoms with E-state index >= 15 is 0 Å². The van der Waals surface area contributed by atoms with Gasteiger partial charge in [-0.2, -0.15) is 0 Å². The maximum atomic E-state index is 11.7. The highest BCUT2D eigenvalue weighted by atomic mass is 32.2. The van der Waals surface area contributed by atoms with E-state index < -0.39 is 19.9 Å². The van der Waals surface area contributed by atoms with Gasteiger partial charge in [-0.25, -0.2) is 21.6 Å². The molecule has 21 heavy (non-hydrogen) atoms. The number of hydrogen-bond donors (Lipinski definition) is 2. The van der Waals surface area contributed by atoms with Crippen LogP contribution in [0.4, 0.5) is 5.69 Å². The summed E-state index contributed by atoms with van der Waals surface area (Å²) in [4.78, 5) is 0.835. The molecule has 1 aromatic carbocycles. The van der Waals surface area contributed by atoms with Crippen LogP contribution in [0.1, 0.15) is 6.92 Å². The Kier molecular flexibility index (Phi) is 6.98. The first-order chi connectivity index (χ1) is 9.76. The van der Waals surface area contributed by atoms with E-state index in [9.17, 15) is 16.8 Å². The van der Waals surface area contributed by atoms with Crippen molar-refractivity contribution in [3.05, 3.63) is 24.3 Å². The van der Waals surface area contributed by atoms with Gasteiger partial charge in [-0.1, -0.05) is 19.1 Å². The molecule has 0 amide bonds. The molecule has 0 fully saturated rings. The molecule has 0 aromatic heterocycles. The molecule has 3 N–H and O–H groups in total. The second-order valence-electron chi connectivity index (χ2n) is 4.34. The quantitative estimate of drug-likeness (QED) is 0.501. The van der Waals surface area contributed by atoms with Gasteiger partial charge in [-0.15, -0.1) is 11.8 Å². The molecule has 1 rings (SSSR count). The molecule has 0 unspecified atom stereocenters. The molecule has 0 heterocycles. The summed E-state index contributed by atoms with van der Waals surface area (Å²) in [5, 5.41) is 0. The van der Waals surface area contributed by atoms with E-state index in [0.29, 0.717) is 11.4 Å². The second-order valence-corrected chi connectivity index (χ2v) is 9.87. The second kappa shape index (κ2) is 8.02. The van der Waals surface area contributed by atoms with Crippen molar-refractivity contribution < 1.29 is 16.8 Å². The van der Waals surface area contributed by atoms with E-state index in [-0.39, 0.29) is 23.8 Å². The Labute approximate surface area is 130 Å². The van der Waals surface area contributed by atoms with Gasteiger partial charge in [-0.3, -0.25) is 0 Å². The summed E-state index contributed by atoms with van der Waals surface area (Å²) in [6.07, 6.45) is 0. The summed E-state index contributed by atoms with van der Waals surface area (Å²) < 4.78 is 48.3. The van der Waals surface area contributed by atoms with Crippen LogP contribution in [-0.2, 0) is 19.9 Å². The van der Waals surface area contributed by atoms with Crippen molar-refractivity contribution >= 4 is 37.3 Å². The first kappa shape index (κ1) is 18.3. The standard InChI is InChI=1S/C12H20N2O4S3/c1-2-20(15,16)9-7-14-21(17,18)10-8-19-12-6-4-3-5-11(12)13/h3-6,14H,2,7-10,13H2,1H3. The molecule has 120 valence electrons. The number of nitrogens with one attached hydrogen (secondary N) is 1. The van der Waals surface area contributed by atoms with Crippen LogP contribution in [0, 0.1) is 0 Å². The minimum Gasteiger partial charge on any atom is -0.398 e. The Morgan fingerprint density at radius 2 is 1.81 bits per heavy atom. The molecule has 0 aliphatic rings. The Balaban J connectivity index is 2.38. The molecule has 0 atom stereocenters. The van der Waals surface area contributed by atoms with Crippen LogP contribution in [0.5, 0.6) is 0 Å². The molecule has 0 aliphatic heterocycles. The molecule has 1 aromatic rings. The smallest absolute Gasteiger partial charge is 0.212 e. The van der Waals surface area contributed by atoms with E-state index in [4.69, 9.17) is 5.73 Å². The maximum Gasteiger partial charge on any atom is 0.212 e. The van der Waals surface area contributed by atoms with Crippen LogP contribution < -0.4 is 10.5 Å². The van der Waals surface area contributed by atoms with Crippen molar-refractivity contribution in [1.82, 2.24) is 4.72 Å². The molecule has 9 heteroatoms. The van der Waals surface area contributed by atoms with Crippen molar-refractivity contribution in [3.8, 4) is 0 Å². The molecular weight excluding hydrogens is 332 g/mol. The SMILES string of the molecule is CCS(=O)(=O)CCNS(=O)(=O)CCSc1ccccc1N. The first-order valence-corrected chi connectivity index (χ1v) is 10.9. The summed E-state index contributed by atoms with van der Waals surface area (Å²) in [6.45, 7) is 1.45. The van der Waals surface area contributed by atoms with Gasteiger partial charge >= 0.3 is 0 Å². The summed E-state index contributed by atoms with van der Waals surface area (Å²) in [5.41, 5.74) is 6.37. The van der Waals surface area contributed by atoms with Crippen molar-refractivity contribution in [2.75, 3.05) is 35.3 Å². The number of sulfonamides is 1. The molecule has 6 nitrogen and oxygen atoms in total. The molecular formula is C12H20N2O4S3. The van der Waals surface area contributed by atoms with Crippen molar-refractivity contribution in [1.29, 1.82) is 0 Å². The number of hydrogen-bond acceptors (Lipinski definition) is 6. The molecule has 0 aliphatic carbocycles. The van der Waals surface area contributed by atoms with Crippen LogP contribution in [-0.4, -0.2) is 46.4 Å². The van der Waals surface area contributed by atoms with Crippen molar-refractivity contribution in [3.63, 3.8) is 0 Å². The number of benzene rings is 1. The lowest BCUT2D eigenvalue weighted by Crippen LogP contribution is -2.32. The van der Waals surface area contributed by atoms with Crippen molar-refractivity contribution in [2.24, 2.45) is 0 Å². The highest BCUT2D eigenvalue weighted by Gasteiger charge is 2.13. The number of anilines is 1. The van der Waals surface area contributed by atoms with Gasteiger partial charge in [-0.05, 0) is 12.1 Å². The van der Waals surface area contributed by atoms with E-state index in [2.05, 4.69) is 4.72 Å². The zero-order valence-corrected chi connectivity index (χ0v) is 14.2. The van der Waals surface area contributed by atoms with Crippen LogP contribution >= 0.6 is 11.8 Å². The Morgan fingerprint density at radius 1 is 1.14 bits per heavy atom. The van der Waals surface area contributed by atoms with Gasteiger partial charge < -0.3 is 5.73 Å². The van der Waals surface area contributed by atoms with E-state index in [0.717, 1.165) is 4.90 Å². The third-order valence-electron chi connectivity index (χ3n) is 2.70. The van der Waals surface area contributed by atoms with Gasteiger partial charge in [0, 0.05) is 28.6 Å². The largest absolute Gasteiger partial charge is 0.398 e. The first-order valence-electron chi connectivity index (χ1n) is 6.41. The van der Waals surface area contributed by atoms with Crippen LogP contribution in [0.2, 0.25) is 0 Å². The summed E-state index contributed by atoms with van der Waals surface area (Å²) >= 11 is 1.36. The van der Waals surface area contributed by atoms with Gasteiger partial charge in [0.05, 0.1) is 11.5 Å². The fourth-order valence-corrected chi connectivity index (χ4v) is 4.67. The van der Waals surface area contributed by atoms with Crippen LogP contribution in [0.3, 0.4) is 0 Å². The Bertz CT molecular complexity index is 657. The van der Waals surface area contributed by atoms with Crippen LogP contribution in [0.15, 0.2) is 29.2 Å². The van der Waals surface area contributed by atoms with Crippen LogP contribution in [0.25, 0.3) is 0 Å². The topological polar surface area (TPSA) is 106 Å². The number of sulfone groups is 1. The molecule has 0 saturated carbocycles. The predicted octanol–water partition coefficient (Wildman–Crippen LogP) is 0.715. The van der Waals surface area contributed by atoms with Gasteiger partial charge in [0.1, 0.15) is 0 Å². The predicted molar refractivity (Wildman–Crippen MR) is 87.7 cm³/mol. The third-order valence-corrected chi connectivity index (χ3v) is 7.14. The van der Waals surface area contributed by atoms with Gasteiger partial charge in [0.25, 0.3) is 0 Å². The number of nitrogen functional groups attached to an aromatic ring is 1. The highest BCUT2D eigenvalue weighted by molar-refractivity contribution is 8.00. The molecule has 0 spiro atoms.